The fraction of sp³-hybridized carbons (Fsp3) is 1.00. The summed E-state index contributed by atoms with van der Waals surface area (Å²) in [6.07, 6.45) is 6.12. The minimum Gasteiger partial charge on any atom is -0.375 e. The smallest absolute Gasteiger partial charge is 0.209 e. The van der Waals surface area contributed by atoms with Crippen molar-refractivity contribution >= 4 is 10.0 Å². The molecule has 1 atom stereocenters. The Morgan fingerprint density at radius 2 is 1.83 bits per heavy atom. The highest BCUT2D eigenvalue weighted by Crippen LogP contribution is 2.46. The van der Waals surface area contributed by atoms with Gasteiger partial charge in [-0.2, -0.15) is 0 Å². The third-order valence-corrected chi connectivity index (χ3v) is 5.51. The maximum atomic E-state index is 11.2. The van der Waals surface area contributed by atoms with Gasteiger partial charge >= 0.3 is 0 Å². The predicted molar refractivity (Wildman–Crippen MR) is 71.6 cm³/mol. The van der Waals surface area contributed by atoms with Crippen LogP contribution in [0.1, 0.15) is 52.4 Å². The molecule has 1 spiro atoms. The van der Waals surface area contributed by atoms with Gasteiger partial charge in [-0.15, -0.1) is 0 Å². The number of rotatable bonds is 2. The first-order valence-electron chi connectivity index (χ1n) is 6.84. The average Bonchev–Trinajstić information content (AvgIpc) is 2.21. The van der Waals surface area contributed by atoms with Gasteiger partial charge in [0.05, 0.1) is 11.4 Å². The number of hydrogen-bond donors (Lipinski definition) is 1. The Labute approximate surface area is 110 Å². The molecule has 1 aliphatic carbocycles. The third-order valence-electron chi connectivity index (χ3n) is 4.58. The molecule has 0 aromatic carbocycles. The Balaban J connectivity index is 1.98. The summed E-state index contributed by atoms with van der Waals surface area (Å²) in [7, 11) is -3.36. The first kappa shape index (κ1) is 14.3. The third kappa shape index (κ3) is 3.68. The molecule has 0 bridgehead atoms. The quantitative estimate of drug-likeness (QED) is 0.838. The normalized spacial score (nSPS) is 31.4. The Hall–Kier alpha value is -0.130. The van der Waals surface area contributed by atoms with Crippen LogP contribution in [0, 0.1) is 11.3 Å². The zero-order valence-electron chi connectivity index (χ0n) is 11.4. The van der Waals surface area contributed by atoms with Crippen molar-refractivity contribution in [2.24, 2.45) is 16.5 Å². The lowest BCUT2D eigenvalue weighted by molar-refractivity contribution is -0.127. The van der Waals surface area contributed by atoms with Crippen LogP contribution in [-0.4, -0.2) is 26.4 Å². The fourth-order valence-corrected chi connectivity index (χ4v) is 4.27. The summed E-state index contributed by atoms with van der Waals surface area (Å²) >= 11 is 0. The molecule has 0 radical (unpaired) electrons. The highest BCUT2D eigenvalue weighted by Gasteiger charge is 2.43. The molecule has 1 aliphatic heterocycles. The molecule has 2 aliphatic rings. The largest absolute Gasteiger partial charge is 0.375 e. The number of sulfonamides is 1. The fourth-order valence-electron chi connectivity index (χ4n) is 3.33. The van der Waals surface area contributed by atoms with Crippen LogP contribution in [-0.2, 0) is 14.8 Å². The zero-order chi connectivity index (χ0) is 13.4. The molecule has 2 rings (SSSR count). The molecule has 1 heterocycles. The van der Waals surface area contributed by atoms with Gasteiger partial charge in [0.25, 0.3) is 0 Å². The van der Waals surface area contributed by atoms with Crippen LogP contribution in [0.3, 0.4) is 0 Å². The van der Waals surface area contributed by atoms with E-state index in [-0.39, 0.29) is 17.3 Å². The summed E-state index contributed by atoms with van der Waals surface area (Å²) in [6, 6.07) is 0. The van der Waals surface area contributed by atoms with E-state index in [0.717, 1.165) is 38.5 Å². The highest BCUT2D eigenvalue weighted by molar-refractivity contribution is 7.89. The highest BCUT2D eigenvalue weighted by atomic mass is 32.2. The van der Waals surface area contributed by atoms with Crippen LogP contribution in [0.5, 0.6) is 0 Å². The molecule has 0 aromatic heterocycles. The first-order chi connectivity index (χ1) is 8.20. The number of hydrogen-bond acceptors (Lipinski definition) is 3. The topological polar surface area (TPSA) is 69.4 Å². The van der Waals surface area contributed by atoms with Gasteiger partial charge in [0, 0.05) is 6.61 Å². The van der Waals surface area contributed by atoms with Crippen molar-refractivity contribution in [2.75, 3.05) is 12.4 Å². The molecule has 2 N–H and O–H groups in total. The minimum atomic E-state index is -3.36. The Bertz CT molecular complexity index is 392. The van der Waals surface area contributed by atoms with Crippen molar-refractivity contribution in [3.05, 3.63) is 0 Å². The summed E-state index contributed by atoms with van der Waals surface area (Å²) in [6.45, 7) is 5.27. The van der Waals surface area contributed by atoms with Crippen LogP contribution >= 0.6 is 0 Å². The Morgan fingerprint density at radius 1 is 1.22 bits per heavy atom. The SMILES string of the molecule is CC1(C)CCC2(CC1)CC(CS(N)(=O)=O)CCO2. The maximum Gasteiger partial charge on any atom is 0.209 e. The van der Waals surface area contributed by atoms with E-state index < -0.39 is 10.0 Å². The molecule has 0 amide bonds. The monoisotopic (exact) mass is 275 g/mol. The van der Waals surface area contributed by atoms with Crippen LogP contribution in [0.15, 0.2) is 0 Å². The zero-order valence-corrected chi connectivity index (χ0v) is 12.3. The van der Waals surface area contributed by atoms with E-state index >= 15 is 0 Å². The summed E-state index contributed by atoms with van der Waals surface area (Å²) in [5.74, 6) is 0.288. The average molecular weight is 275 g/mol. The van der Waals surface area contributed by atoms with E-state index in [1.54, 1.807) is 0 Å². The predicted octanol–water partition coefficient (Wildman–Crippen LogP) is 2.04. The molecule has 106 valence electrons. The standard InChI is InChI=1S/C13H25NO3S/c1-12(2)4-6-13(7-5-12)9-11(3-8-17-13)10-18(14,15)16/h11H,3-10H2,1-2H3,(H2,14,15,16). The van der Waals surface area contributed by atoms with Gasteiger partial charge in [-0.25, -0.2) is 13.6 Å². The van der Waals surface area contributed by atoms with E-state index in [2.05, 4.69) is 13.8 Å². The van der Waals surface area contributed by atoms with Gasteiger partial charge in [0.15, 0.2) is 0 Å². The van der Waals surface area contributed by atoms with Crippen LogP contribution in [0.4, 0.5) is 0 Å². The summed E-state index contributed by atoms with van der Waals surface area (Å²) < 4.78 is 28.4. The van der Waals surface area contributed by atoms with Gasteiger partial charge in [-0.1, -0.05) is 13.8 Å². The molecule has 1 unspecified atom stereocenters. The van der Waals surface area contributed by atoms with E-state index in [9.17, 15) is 8.42 Å². The van der Waals surface area contributed by atoms with Crippen molar-refractivity contribution in [2.45, 2.75) is 58.0 Å². The number of primary sulfonamides is 1. The molecule has 2 fully saturated rings. The molecular weight excluding hydrogens is 250 g/mol. The Kier molecular flexibility index (Phi) is 3.78. The number of nitrogens with two attached hydrogens (primary N) is 1. The second-order valence-corrected chi connectivity index (χ2v) is 8.54. The maximum absolute atomic E-state index is 11.2. The van der Waals surface area contributed by atoms with Gasteiger partial charge in [0.2, 0.25) is 10.0 Å². The van der Waals surface area contributed by atoms with E-state index in [1.165, 1.54) is 0 Å². The van der Waals surface area contributed by atoms with Crippen LogP contribution in [0.2, 0.25) is 0 Å². The first-order valence-corrected chi connectivity index (χ1v) is 8.56. The lowest BCUT2D eigenvalue weighted by Crippen LogP contribution is -2.45. The molecule has 5 heteroatoms. The number of ether oxygens (including phenoxy) is 1. The second kappa shape index (κ2) is 4.76. The lowest BCUT2D eigenvalue weighted by Gasteiger charge is -2.47. The van der Waals surface area contributed by atoms with Gasteiger partial charge < -0.3 is 4.74 Å². The molecular formula is C13H25NO3S. The van der Waals surface area contributed by atoms with E-state index in [1.807, 2.05) is 0 Å². The van der Waals surface area contributed by atoms with Crippen LogP contribution < -0.4 is 5.14 Å². The molecule has 18 heavy (non-hydrogen) atoms. The van der Waals surface area contributed by atoms with Crippen molar-refractivity contribution in [1.82, 2.24) is 0 Å². The summed E-state index contributed by atoms with van der Waals surface area (Å²) in [5, 5.41) is 5.16. The van der Waals surface area contributed by atoms with Crippen molar-refractivity contribution < 1.29 is 13.2 Å². The molecule has 1 saturated heterocycles. The van der Waals surface area contributed by atoms with Gasteiger partial charge in [-0.05, 0) is 49.9 Å². The van der Waals surface area contributed by atoms with Gasteiger partial charge in [0.1, 0.15) is 0 Å². The minimum absolute atomic E-state index is 0.0663. The second-order valence-electron chi connectivity index (χ2n) is 6.88. The molecule has 0 aromatic rings. The van der Waals surface area contributed by atoms with E-state index in [0.29, 0.717) is 12.0 Å². The van der Waals surface area contributed by atoms with Crippen molar-refractivity contribution in [3.8, 4) is 0 Å². The molecule has 1 saturated carbocycles. The van der Waals surface area contributed by atoms with Crippen molar-refractivity contribution in [3.63, 3.8) is 0 Å². The van der Waals surface area contributed by atoms with Crippen molar-refractivity contribution in [1.29, 1.82) is 0 Å². The molecule has 4 nitrogen and oxygen atoms in total. The van der Waals surface area contributed by atoms with E-state index in [4.69, 9.17) is 9.88 Å². The summed E-state index contributed by atoms with van der Waals surface area (Å²) in [4.78, 5) is 0. The Morgan fingerprint density at radius 3 is 2.39 bits per heavy atom. The lowest BCUT2D eigenvalue weighted by atomic mass is 9.67. The summed E-state index contributed by atoms with van der Waals surface area (Å²) in [5.41, 5.74) is 0.338. The van der Waals surface area contributed by atoms with Gasteiger partial charge in [-0.3, -0.25) is 0 Å². The van der Waals surface area contributed by atoms with Crippen LogP contribution in [0.25, 0.3) is 0 Å².